The number of hydrogen-bond acceptors (Lipinski definition) is 1. The Bertz CT molecular complexity index is 246. The van der Waals surface area contributed by atoms with Crippen LogP contribution in [0.3, 0.4) is 0 Å². The molecular weight excluding hydrogens is 274 g/mol. The van der Waals surface area contributed by atoms with Gasteiger partial charge in [0.15, 0.2) is 0 Å². The van der Waals surface area contributed by atoms with Crippen molar-refractivity contribution in [1.82, 2.24) is 4.90 Å². The van der Waals surface area contributed by atoms with E-state index in [9.17, 15) is 0 Å². The van der Waals surface area contributed by atoms with Crippen LogP contribution in [0.1, 0.15) is 103 Å². The van der Waals surface area contributed by atoms with Gasteiger partial charge in [0.25, 0.3) is 0 Å². The van der Waals surface area contributed by atoms with Crippen molar-refractivity contribution in [3.63, 3.8) is 0 Å². The fourth-order valence-electron chi connectivity index (χ4n) is 3.24. The maximum Gasteiger partial charge on any atom is 0.0779 e. The van der Waals surface area contributed by atoms with E-state index in [4.69, 9.17) is 12.2 Å². The lowest BCUT2D eigenvalue weighted by molar-refractivity contribution is 0.341. The Labute approximate surface area is 138 Å². The average molecular weight is 312 g/mol. The van der Waals surface area contributed by atoms with Gasteiger partial charge in [0.2, 0.25) is 0 Å². The smallest absolute Gasteiger partial charge is 0.0779 e. The second-order valence-electron chi connectivity index (χ2n) is 6.73. The molecule has 1 aliphatic heterocycles. The zero-order valence-electron chi connectivity index (χ0n) is 14.4. The zero-order valence-corrected chi connectivity index (χ0v) is 15.2. The average Bonchev–Trinajstić information content (AvgIpc) is 2.53. The first-order valence-electron chi connectivity index (χ1n) is 9.62. The molecule has 0 amide bonds. The highest BCUT2D eigenvalue weighted by Crippen LogP contribution is 2.15. The standard InChI is InChI=1S/C19H37NS/c1-2-3-4-5-6-7-8-9-10-11-13-16-19(21)20-17-14-12-15-18-20/h2-18H2,1H3. The number of piperidine rings is 1. The van der Waals surface area contributed by atoms with Crippen LogP contribution in [0.5, 0.6) is 0 Å². The van der Waals surface area contributed by atoms with Gasteiger partial charge >= 0.3 is 0 Å². The quantitative estimate of drug-likeness (QED) is 0.299. The third-order valence-electron chi connectivity index (χ3n) is 4.70. The summed E-state index contributed by atoms with van der Waals surface area (Å²) in [6.45, 7) is 4.73. The molecule has 0 aromatic heterocycles. The molecule has 1 nitrogen and oxygen atoms in total. The van der Waals surface area contributed by atoms with Crippen LogP contribution in [-0.4, -0.2) is 23.0 Å². The van der Waals surface area contributed by atoms with E-state index < -0.39 is 0 Å². The molecule has 1 rings (SSSR count). The first kappa shape index (κ1) is 18.9. The Balaban J connectivity index is 1.80. The molecule has 124 valence electrons. The summed E-state index contributed by atoms with van der Waals surface area (Å²) in [6, 6.07) is 0. The van der Waals surface area contributed by atoms with Crippen molar-refractivity contribution in [2.75, 3.05) is 13.1 Å². The summed E-state index contributed by atoms with van der Waals surface area (Å²) in [5.74, 6) is 0. The highest BCUT2D eigenvalue weighted by Gasteiger charge is 2.12. The predicted molar refractivity (Wildman–Crippen MR) is 99.1 cm³/mol. The van der Waals surface area contributed by atoms with Crippen LogP contribution in [0, 0.1) is 0 Å². The molecule has 0 bridgehead atoms. The highest BCUT2D eigenvalue weighted by atomic mass is 32.1. The normalized spacial score (nSPS) is 15.4. The van der Waals surface area contributed by atoms with Gasteiger partial charge in [-0.3, -0.25) is 0 Å². The summed E-state index contributed by atoms with van der Waals surface area (Å²) in [7, 11) is 0. The van der Waals surface area contributed by atoms with Crippen molar-refractivity contribution in [1.29, 1.82) is 0 Å². The van der Waals surface area contributed by atoms with E-state index in [2.05, 4.69) is 11.8 Å². The first-order chi connectivity index (χ1) is 10.3. The second-order valence-corrected chi connectivity index (χ2v) is 7.20. The van der Waals surface area contributed by atoms with E-state index in [0.29, 0.717) is 0 Å². The Hall–Kier alpha value is -0.110. The number of hydrogen-bond donors (Lipinski definition) is 0. The van der Waals surface area contributed by atoms with E-state index in [-0.39, 0.29) is 0 Å². The van der Waals surface area contributed by atoms with Gasteiger partial charge < -0.3 is 4.90 Å². The Morgan fingerprint density at radius 1 is 0.714 bits per heavy atom. The molecule has 0 atom stereocenters. The monoisotopic (exact) mass is 311 g/mol. The van der Waals surface area contributed by atoms with Crippen LogP contribution < -0.4 is 0 Å². The minimum atomic E-state index is 1.16. The van der Waals surface area contributed by atoms with Crippen LogP contribution in [0.25, 0.3) is 0 Å². The van der Waals surface area contributed by atoms with Crippen molar-refractivity contribution in [3.8, 4) is 0 Å². The van der Waals surface area contributed by atoms with E-state index in [0.717, 1.165) is 6.42 Å². The molecule has 0 unspecified atom stereocenters. The number of nitrogens with zero attached hydrogens (tertiary/aromatic N) is 1. The molecule has 0 radical (unpaired) electrons. The van der Waals surface area contributed by atoms with Gasteiger partial charge in [-0.15, -0.1) is 0 Å². The minimum absolute atomic E-state index is 1.16. The SMILES string of the molecule is CCCCCCCCCCCCCC(=S)N1CCCCC1. The van der Waals surface area contributed by atoms with E-state index in [1.165, 1.54) is 108 Å². The number of unbranched alkanes of at least 4 members (excludes halogenated alkanes) is 10. The molecule has 21 heavy (non-hydrogen) atoms. The van der Waals surface area contributed by atoms with Crippen LogP contribution in [0.4, 0.5) is 0 Å². The lowest BCUT2D eigenvalue weighted by atomic mass is 10.0. The predicted octanol–water partition coefficient (Wildman–Crippen LogP) is 6.50. The summed E-state index contributed by atoms with van der Waals surface area (Å²) in [5, 5.41) is 0. The topological polar surface area (TPSA) is 3.24 Å². The molecule has 0 aliphatic carbocycles. The number of rotatable bonds is 12. The Kier molecular flexibility index (Phi) is 12.2. The summed E-state index contributed by atoms with van der Waals surface area (Å²) in [6.07, 6.45) is 20.8. The molecule has 1 aliphatic rings. The van der Waals surface area contributed by atoms with E-state index in [1.54, 1.807) is 0 Å². The molecular formula is C19H37NS. The number of thiocarbonyl (C=S) groups is 1. The van der Waals surface area contributed by atoms with Gasteiger partial charge in [0, 0.05) is 13.1 Å². The van der Waals surface area contributed by atoms with Crippen molar-refractivity contribution in [2.24, 2.45) is 0 Å². The Morgan fingerprint density at radius 2 is 1.19 bits per heavy atom. The summed E-state index contributed by atoms with van der Waals surface area (Å²) < 4.78 is 0. The molecule has 0 aromatic carbocycles. The summed E-state index contributed by atoms with van der Waals surface area (Å²) in [4.78, 5) is 3.69. The van der Waals surface area contributed by atoms with Crippen molar-refractivity contribution >= 4 is 17.2 Å². The van der Waals surface area contributed by atoms with Gasteiger partial charge in [-0.05, 0) is 32.1 Å². The molecule has 0 aromatic rings. The summed E-state index contributed by atoms with van der Waals surface area (Å²) in [5.41, 5.74) is 0. The van der Waals surface area contributed by atoms with Crippen molar-refractivity contribution < 1.29 is 0 Å². The number of likely N-dealkylation sites (tertiary alicyclic amines) is 1. The van der Waals surface area contributed by atoms with Gasteiger partial charge in [-0.2, -0.15) is 0 Å². The second kappa shape index (κ2) is 13.5. The molecule has 1 heterocycles. The molecule has 0 N–H and O–H groups in total. The molecule has 2 heteroatoms. The van der Waals surface area contributed by atoms with Crippen molar-refractivity contribution in [3.05, 3.63) is 0 Å². The van der Waals surface area contributed by atoms with Crippen LogP contribution in [-0.2, 0) is 0 Å². The largest absolute Gasteiger partial charge is 0.366 e. The molecule has 1 saturated heterocycles. The maximum absolute atomic E-state index is 5.57. The van der Waals surface area contributed by atoms with Crippen molar-refractivity contribution in [2.45, 2.75) is 103 Å². The lowest BCUT2D eigenvalue weighted by Crippen LogP contribution is -2.34. The highest BCUT2D eigenvalue weighted by molar-refractivity contribution is 7.80. The Morgan fingerprint density at radius 3 is 1.71 bits per heavy atom. The molecule has 0 spiro atoms. The lowest BCUT2D eigenvalue weighted by Gasteiger charge is -2.29. The van der Waals surface area contributed by atoms with Gasteiger partial charge in [-0.25, -0.2) is 0 Å². The molecule has 1 fully saturated rings. The third-order valence-corrected chi connectivity index (χ3v) is 5.17. The van der Waals surface area contributed by atoms with Crippen LogP contribution >= 0.6 is 12.2 Å². The van der Waals surface area contributed by atoms with Gasteiger partial charge in [0.05, 0.1) is 4.99 Å². The van der Waals surface area contributed by atoms with Gasteiger partial charge in [-0.1, -0.05) is 83.3 Å². The molecule has 0 saturated carbocycles. The summed E-state index contributed by atoms with van der Waals surface area (Å²) >= 11 is 5.57. The fourth-order valence-corrected chi connectivity index (χ4v) is 3.57. The first-order valence-corrected chi connectivity index (χ1v) is 10.0. The van der Waals surface area contributed by atoms with Crippen LogP contribution in [0.15, 0.2) is 0 Å². The third kappa shape index (κ3) is 10.3. The maximum atomic E-state index is 5.57. The zero-order chi connectivity index (χ0) is 15.2. The fraction of sp³-hybridized carbons (Fsp3) is 0.947. The minimum Gasteiger partial charge on any atom is -0.366 e. The van der Waals surface area contributed by atoms with E-state index in [1.807, 2.05) is 0 Å². The van der Waals surface area contributed by atoms with E-state index >= 15 is 0 Å². The van der Waals surface area contributed by atoms with Crippen LogP contribution in [0.2, 0.25) is 0 Å². The van der Waals surface area contributed by atoms with Gasteiger partial charge in [0.1, 0.15) is 0 Å².